The number of para-hydroxylation sites is 1. The highest BCUT2D eigenvalue weighted by molar-refractivity contribution is 7.05. The molecule has 1 amide bonds. The number of benzene rings is 1. The first-order valence-corrected chi connectivity index (χ1v) is 6.12. The topological polar surface area (TPSA) is 42.0 Å². The summed E-state index contributed by atoms with van der Waals surface area (Å²) in [5.74, 6) is -0.0179. The maximum absolute atomic E-state index is 11.8. The number of hydrogen-bond acceptors (Lipinski definition) is 3. The first-order valence-electron chi connectivity index (χ1n) is 5.35. The Morgan fingerprint density at radius 1 is 1.29 bits per heavy atom. The molecule has 1 aliphatic heterocycles. The molecule has 0 bridgehead atoms. The summed E-state index contributed by atoms with van der Waals surface area (Å²) < 4.78 is 4.04. The zero-order chi connectivity index (χ0) is 11.7. The normalized spacial score (nSPS) is 16.0. The van der Waals surface area contributed by atoms with Gasteiger partial charge in [0.25, 0.3) is 5.91 Å². The molecule has 1 N–H and O–H groups in total. The largest absolute Gasteiger partial charge is 0.321 e. The number of aromatic nitrogens is 1. The lowest BCUT2D eigenvalue weighted by Gasteiger charge is -1.96. The van der Waals surface area contributed by atoms with Crippen LogP contribution < -0.4 is 5.32 Å². The number of nitrogens with zero attached hydrogens (tertiary/aromatic N) is 1. The number of anilines is 1. The Kier molecular flexibility index (Phi) is 2.49. The molecule has 1 aromatic heterocycles. The first-order chi connectivity index (χ1) is 8.34. The number of allylic oxidation sites excluding steroid dienone is 1. The molecule has 3 rings (SSSR count). The highest BCUT2D eigenvalue weighted by Gasteiger charge is 2.22. The summed E-state index contributed by atoms with van der Waals surface area (Å²) >= 11 is 1.46. The van der Waals surface area contributed by atoms with E-state index in [2.05, 4.69) is 9.69 Å². The van der Waals surface area contributed by atoms with E-state index in [0.717, 1.165) is 28.1 Å². The van der Waals surface area contributed by atoms with Crippen LogP contribution in [-0.4, -0.2) is 10.3 Å². The molecule has 0 fully saturated rings. The van der Waals surface area contributed by atoms with Crippen molar-refractivity contribution in [3.63, 3.8) is 0 Å². The zero-order valence-corrected chi connectivity index (χ0v) is 9.83. The van der Waals surface area contributed by atoms with E-state index >= 15 is 0 Å². The van der Waals surface area contributed by atoms with E-state index < -0.39 is 0 Å². The number of fused-ring (bicyclic) bond motifs is 1. The van der Waals surface area contributed by atoms with Crippen LogP contribution in [0.3, 0.4) is 0 Å². The van der Waals surface area contributed by atoms with Gasteiger partial charge in [-0.25, -0.2) is 4.37 Å². The van der Waals surface area contributed by atoms with Gasteiger partial charge in [0, 0.05) is 34.3 Å². The van der Waals surface area contributed by atoms with Crippen LogP contribution >= 0.6 is 11.5 Å². The number of carbonyl (C=O) groups is 1. The smallest absolute Gasteiger partial charge is 0.256 e. The van der Waals surface area contributed by atoms with Gasteiger partial charge in [-0.3, -0.25) is 4.79 Å². The van der Waals surface area contributed by atoms with Gasteiger partial charge in [0.05, 0.1) is 0 Å². The Bertz CT molecular complexity index is 587. The highest BCUT2D eigenvalue weighted by Crippen LogP contribution is 2.31. The van der Waals surface area contributed by atoms with Gasteiger partial charge in [-0.2, -0.15) is 0 Å². The quantitative estimate of drug-likeness (QED) is 0.823. The van der Waals surface area contributed by atoms with Gasteiger partial charge in [0.2, 0.25) is 0 Å². The van der Waals surface area contributed by atoms with Crippen molar-refractivity contribution in [2.24, 2.45) is 0 Å². The zero-order valence-electron chi connectivity index (χ0n) is 9.01. The molecule has 4 heteroatoms. The summed E-state index contributed by atoms with van der Waals surface area (Å²) in [5.41, 5.74) is 2.64. The minimum atomic E-state index is -0.0179. The number of rotatable bonds is 2. The van der Waals surface area contributed by atoms with Gasteiger partial charge < -0.3 is 5.32 Å². The SMILES string of the molecule is O=C1Nc2ccccc2C1=CCc1ccns1. The molecule has 1 aliphatic rings. The average Bonchev–Trinajstić information content (AvgIpc) is 2.93. The van der Waals surface area contributed by atoms with E-state index in [1.54, 1.807) is 6.20 Å². The van der Waals surface area contributed by atoms with E-state index in [-0.39, 0.29) is 5.91 Å². The van der Waals surface area contributed by atoms with Gasteiger partial charge in [-0.1, -0.05) is 24.3 Å². The van der Waals surface area contributed by atoms with Crippen LogP contribution in [0.15, 0.2) is 42.6 Å². The minimum absolute atomic E-state index is 0.0179. The van der Waals surface area contributed by atoms with Gasteiger partial charge >= 0.3 is 0 Å². The first kappa shape index (κ1) is 10.2. The molecule has 1 aromatic carbocycles. The predicted octanol–water partition coefficient (Wildman–Crippen LogP) is 2.72. The maximum atomic E-state index is 11.8. The number of hydrogen-bond donors (Lipinski definition) is 1. The van der Waals surface area contributed by atoms with Crippen molar-refractivity contribution >= 4 is 28.7 Å². The van der Waals surface area contributed by atoms with Gasteiger partial charge in [0.15, 0.2) is 0 Å². The molecule has 84 valence electrons. The molecule has 0 unspecified atom stereocenters. The van der Waals surface area contributed by atoms with E-state index in [4.69, 9.17) is 0 Å². The molecule has 3 nitrogen and oxygen atoms in total. The van der Waals surface area contributed by atoms with Gasteiger partial charge in [-0.05, 0) is 23.7 Å². The summed E-state index contributed by atoms with van der Waals surface area (Å²) in [6, 6.07) is 9.72. The molecule has 2 aromatic rings. The molecule has 0 radical (unpaired) electrons. The van der Waals surface area contributed by atoms with E-state index in [0.29, 0.717) is 0 Å². The minimum Gasteiger partial charge on any atom is -0.321 e. The molecule has 17 heavy (non-hydrogen) atoms. The molecule has 2 heterocycles. The third-order valence-corrected chi connectivity index (χ3v) is 3.47. The van der Waals surface area contributed by atoms with Crippen LogP contribution in [0.25, 0.3) is 5.57 Å². The summed E-state index contributed by atoms with van der Waals surface area (Å²) in [6.07, 6.45) is 4.50. The third-order valence-electron chi connectivity index (χ3n) is 2.71. The molecule has 0 aliphatic carbocycles. The van der Waals surface area contributed by atoms with Gasteiger partial charge in [-0.15, -0.1) is 0 Å². The predicted molar refractivity (Wildman–Crippen MR) is 68.9 cm³/mol. The fourth-order valence-corrected chi connectivity index (χ4v) is 2.43. The second-order valence-electron chi connectivity index (χ2n) is 3.80. The van der Waals surface area contributed by atoms with Crippen LogP contribution in [0.1, 0.15) is 10.4 Å². The lowest BCUT2D eigenvalue weighted by Crippen LogP contribution is -2.03. The van der Waals surface area contributed by atoms with E-state index in [9.17, 15) is 4.79 Å². The van der Waals surface area contributed by atoms with Crippen molar-refractivity contribution < 1.29 is 4.79 Å². The summed E-state index contributed by atoms with van der Waals surface area (Å²) in [5, 5.41) is 2.86. The van der Waals surface area contributed by atoms with Gasteiger partial charge in [0.1, 0.15) is 0 Å². The molecule has 0 saturated carbocycles. The van der Waals surface area contributed by atoms with Crippen LogP contribution in [0.2, 0.25) is 0 Å². The van der Waals surface area contributed by atoms with E-state index in [1.807, 2.05) is 36.4 Å². The van der Waals surface area contributed by atoms with Crippen molar-refractivity contribution in [1.82, 2.24) is 4.37 Å². The molecule has 0 spiro atoms. The maximum Gasteiger partial charge on any atom is 0.256 e. The molecular formula is C13H10N2OS. The third kappa shape index (κ3) is 1.87. The molecule has 0 saturated heterocycles. The van der Waals surface area contributed by atoms with Crippen molar-refractivity contribution in [3.05, 3.63) is 53.0 Å². The second-order valence-corrected chi connectivity index (χ2v) is 4.72. The summed E-state index contributed by atoms with van der Waals surface area (Å²) in [7, 11) is 0. The standard InChI is InChI=1S/C13H10N2OS/c16-13-11(6-5-9-7-8-14-17-9)10-3-1-2-4-12(10)15-13/h1-4,6-8H,5H2,(H,15,16). The van der Waals surface area contributed by atoms with Crippen LogP contribution in [-0.2, 0) is 11.2 Å². The Morgan fingerprint density at radius 2 is 2.18 bits per heavy atom. The van der Waals surface area contributed by atoms with Crippen molar-refractivity contribution in [2.45, 2.75) is 6.42 Å². The summed E-state index contributed by atoms with van der Waals surface area (Å²) in [6.45, 7) is 0. The number of nitrogens with one attached hydrogen (secondary N) is 1. The molecular weight excluding hydrogens is 232 g/mol. The lowest BCUT2D eigenvalue weighted by atomic mass is 10.1. The van der Waals surface area contributed by atoms with Crippen molar-refractivity contribution in [1.29, 1.82) is 0 Å². The average molecular weight is 242 g/mol. The second kappa shape index (κ2) is 4.14. The number of amides is 1. The van der Waals surface area contributed by atoms with E-state index in [1.165, 1.54) is 11.5 Å². The number of carbonyl (C=O) groups excluding carboxylic acids is 1. The van der Waals surface area contributed by atoms with Crippen LogP contribution in [0.4, 0.5) is 5.69 Å². The fourth-order valence-electron chi connectivity index (χ4n) is 1.89. The van der Waals surface area contributed by atoms with Crippen molar-refractivity contribution in [2.75, 3.05) is 5.32 Å². The Labute approximate surface area is 103 Å². The Morgan fingerprint density at radius 3 is 3.00 bits per heavy atom. The Hall–Kier alpha value is -1.94. The van der Waals surface area contributed by atoms with Crippen LogP contribution in [0, 0.1) is 0 Å². The fraction of sp³-hybridized carbons (Fsp3) is 0.0769. The van der Waals surface area contributed by atoms with Crippen LogP contribution in [0.5, 0.6) is 0 Å². The molecule has 0 atom stereocenters. The van der Waals surface area contributed by atoms with Crippen molar-refractivity contribution in [3.8, 4) is 0 Å². The Balaban J connectivity index is 1.93. The summed E-state index contributed by atoms with van der Waals surface area (Å²) in [4.78, 5) is 13.0. The highest BCUT2D eigenvalue weighted by atomic mass is 32.1. The lowest BCUT2D eigenvalue weighted by molar-refractivity contribution is -0.110. The monoisotopic (exact) mass is 242 g/mol.